The minimum absolute atomic E-state index is 0.0377. The number of Topliss-reactive ketones (excluding diaryl/α,β-unsaturated/α-hetero) is 1. The summed E-state index contributed by atoms with van der Waals surface area (Å²) < 4.78 is 0. The van der Waals surface area contributed by atoms with E-state index in [4.69, 9.17) is 0 Å². The maximum absolute atomic E-state index is 11.2. The van der Waals surface area contributed by atoms with Crippen molar-refractivity contribution in [2.45, 2.75) is 40.7 Å². The molecule has 0 aliphatic heterocycles. The second-order valence-corrected chi connectivity index (χ2v) is 5.55. The van der Waals surface area contributed by atoms with Crippen molar-refractivity contribution in [1.82, 2.24) is 4.98 Å². The molecular formula is C12H20N2OS. The summed E-state index contributed by atoms with van der Waals surface area (Å²) in [6, 6.07) is 0.411. The summed E-state index contributed by atoms with van der Waals surface area (Å²) >= 11 is 1.55. The van der Waals surface area contributed by atoms with Crippen molar-refractivity contribution in [3.63, 3.8) is 0 Å². The fraction of sp³-hybridized carbons (Fsp3) is 0.667. The van der Waals surface area contributed by atoms with Crippen LogP contribution >= 0.6 is 11.3 Å². The lowest BCUT2D eigenvalue weighted by molar-refractivity contribution is 0.101. The van der Waals surface area contributed by atoms with Crippen LogP contribution in [0.2, 0.25) is 0 Å². The normalized spacial score (nSPS) is 11.2. The van der Waals surface area contributed by atoms with Gasteiger partial charge in [0.05, 0.1) is 0 Å². The molecule has 1 rings (SSSR count). The fourth-order valence-electron chi connectivity index (χ4n) is 1.46. The van der Waals surface area contributed by atoms with Gasteiger partial charge in [0.15, 0.2) is 10.9 Å². The van der Waals surface area contributed by atoms with Crippen LogP contribution < -0.4 is 4.90 Å². The van der Waals surface area contributed by atoms with Crippen molar-refractivity contribution >= 4 is 22.3 Å². The molecule has 1 heterocycles. The van der Waals surface area contributed by atoms with Crippen molar-refractivity contribution in [1.29, 1.82) is 0 Å². The monoisotopic (exact) mass is 240 g/mol. The van der Waals surface area contributed by atoms with E-state index in [1.807, 2.05) is 5.38 Å². The molecule has 0 fully saturated rings. The second-order valence-electron chi connectivity index (χ2n) is 4.71. The quantitative estimate of drug-likeness (QED) is 0.741. The number of carbonyl (C=O) groups excluding carboxylic acids is 1. The Hall–Kier alpha value is -0.900. The van der Waals surface area contributed by atoms with E-state index < -0.39 is 0 Å². The standard InChI is InChI=1S/C12H20N2OS/c1-8(2)6-14(9(3)4)12-13-11(7-16-12)10(5)15/h7-9H,6H2,1-5H3. The van der Waals surface area contributed by atoms with E-state index >= 15 is 0 Å². The lowest BCUT2D eigenvalue weighted by Gasteiger charge is -2.27. The van der Waals surface area contributed by atoms with Gasteiger partial charge in [0.1, 0.15) is 5.69 Å². The highest BCUT2D eigenvalue weighted by Gasteiger charge is 2.16. The molecule has 0 bridgehead atoms. The molecule has 0 aromatic carbocycles. The van der Waals surface area contributed by atoms with Crippen LogP contribution in [-0.2, 0) is 0 Å². The molecule has 0 atom stereocenters. The number of anilines is 1. The molecule has 0 saturated heterocycles. The number of hydrogen-bond acceptors (Lipinski definition) is 4. The first-order valence-corrected chi connectivity index (χ1v) is 6.53. The molecule has 0 aliphatic carbocycles. The summed E-state index contributed by atoms with van der Waals surface area (Å²) in [6.45, 7) is 11.2. The summed E-state index contributed by atoms with van der Waals surface area (Å²) in [5.74, 6) is 0.628. The van der Waals surface area contributed by atoms with Gasteiger partial charge < -0.3 is 4.90 Å². The largest absolute Gasteiger partial charge is 0.345 e. The highest BCUT2D eigenvalue weighted by molar-refractivity contribution is 7.13. The SMILES string of the molecule is CC(=O)c1csc(N(CC(C)C)C(C)C)n1. The van der Waals surface area contributed by atoms with Gasteiger partial charge in [-0.1, -0.05) is 13.8 Å². The number of ketones is 1. The average molecular weight is 240 g/mol. The summed E-state index contributed by atoms with van der Waals surface area (Å²) in [5.41, 5.74) is 0.578. The number of aromatic nitrogens is 1. The zero-order valence-electron chi connectivity index (χ0n) is 10.7. The molecule has 4 heteroatoms. The minimum Gasteiger partial charge on any atom is -0.345 e. The van der Waals surface area contributed by atoms with Crippen LogP contribution in [0.5, 0.6) is 0 Å². The summed E-state index contributed by atoms with van der Waals surface area (Å²) in [4.78, 5) is 17.8. The highest BCUT2D eigenvalue weighted by Crippen LogP contribution is 2.23. The van der Waals surface area contributed by atoms with Gasteiger partial charge in [-0.3, -0.25) is 4.79 Å². The third-order valence-electron chi connectivity index (χ3n) is 2.28. The Kier molecular flexibility index (Phi) is 4.47. The van der Waals surface area contributed by atoms with Gasteiger partial charge >= 0.3 is 0 Å². The van der Waals surface area contributed by atoms with E-state index in [0.717, 1.165) is 11.7 Å². The van der Waals surface area contributed by atoms with E-state index in [-0.39, 0.29) is 5.78 Å². The van der Waals surface area contributed by atoms with Crippen LogP contribution in [0.4, 0.5) is 5.13 Å². The smallest absolute Gasteiger partial charge is 0.186 e. The Morgan fingerprint density at radius 3 is 2.44 bits per heavy atom. The van der Waals surface area contributed by atoms with Gasteiger partial charge in [-0.2, -0.15) is 0 Å². The van der Waals surface area contributed by atoms with Crippen molar-refractivity contribution in [2.75, 3.05) is 11.4 Å². The maximum atomic E-state index is 11.2. The number of thiazole rings is 1. The first-order chi connectivity index (χ1) is 7.41. The molecule has 0 saturated carbocycles. The first kappa shape index (κ1) is 13.2. The van der Waals surface area contributed by atoms with Gasteiger partial charge in [0.25, 0.3) is 0 Å². The van der Waals surface area contributed by atoms with Crippen LogP contribution in [0.1, 0.15) is 45.1 Å². The first-order valence-electron chi connectivity index (χ1n) is 5.65. The summed E-state index contributed by atoms with van der Waals surface area (Å²) in [7, 11) is 0. The highest BCUT2D eigenvalue weighted by atomic mass is 32.1. The molecule has 0 N–H and O–H groups in total. The van der Waals surface area contributed by atoms with Crippen LogP contribution in [0, 0.1) is 5.92 Å². The van der Waals surface area contributed by atoms with Crippen LogP contribution in [0.25, 0.3) is 0 Å². The topological polar surface area (TPSA) is 33.2 Å². The van der Waals surface area contributed by atoms with Crippen molar-refractivity contribution < 1.29 is 4.79 Å². The molecule has 16 heavy (non-hydrogen) atoms. The predicted molar refractivity (Wildman–Crippen MR) is 69.4 cm³/mol. The van der Waals surface area contributed by atoms with Crippen LogP contribution in [0.15, 0.2) is 5.38 Å². The summed E-state index contributed by atoms with van der Waals surface area (Å²) in [6.07, 6.45) is 0. The molecule has 0 radical (unpaired) electrons. The molecule has 3 nitrogen and oxygen atoms in total. The Morgan fingerprint density at radius 2 is 2.06 bits per heavy atom. The van der Waals surface area contributed by atoms with E-state index in [9.17, 15) is 4.79 Å². The maximum Gasteiger partial charge on any atom is 0.186 e. The zero-order chi connectivity index (χ0) is 12.3. The van der Waals surface area contributed by atoms with E-state index in [2.05, 4.69) is 37.6 Å². The van der Waals surface area contributed by atoms with E-state index in [1.165, 1.54) is 0 Å². The molecule has 0 spiro atoms. The third-order valence-corrected chi connectivity index (χ3v) is 3.16. The number of rotatable bonds is 5. The zero-order valence-corrected chi connectivity index (χ0v) is 11.5. The summed E-state index contributed by atoms with van der Waals surface area (Å²) in [5, 5.41) is 2.79. The second kappa shape index (κ2) is 5.43. The van der Waals surface area contributed by atoms with Gasteiger partial charge in [-0.05, 0) is 19.8 Å². The molecule has 0 unspecified atom stereocenters. The van der Waals surface area contributed by atoms with Crippen molar-refractivity contribution in [3.8, 4) is 0 Å². The molecule has 0 aliphatic rings. The number of nitrogens with zero attached hydrogens (tertiary/aromatic N) is 2. The average Bonchev–Trinajstić information content (AvgIpc) is 2.61. The van der Waals surface area contributed by atoms with Gasteiger partial charge in [-0.15, -0.1) is 11.3 Å². The van der Waals surface area contributed by atoms with E-state index in [0.29, 0.717) is 17.7 Å². The Labute approximate surface area is 101 Å². The number of carbonyl (C=O) groups is 1. The van der Waals surface area contributed by atoms with Crippen molar-refractivity contribution in [3.05, 3.63) is 11.1 Å². The molecule has 1 aromatic heterocycles. The van der Waals surface area contributed by atoms with Gasteiger partial charge in [0, 0.05) is 24.9 Å². The Balaban J connectivity index is 2.88. The third kappa shape index (κ3) is 3.30. The lowest BCUT2D eigenvalue weighted by Crippen LogP contribution is -2.34. The Bertz CT molecular complexity index is 358. The Morgan fingerprint density at radius 1 is 1.44 bits per heavy atom. The van der Waals surface area contributed by atoms with E-state index in [1.54, 1.807) is 18.3 Å². The van der Waals surface area contributed by atoms with Gasteiger partial charge in [-0.25, -0.2) is 4.98 Å². The van der Waals surface area contributed by atoms with Crippen LogP contribution in [-0.4, -0.2) is 23.4 Å². The molecule has 90 valence electrons. The van der Waals surface area contributed by atoms with Gasteiger partial charge in [0.2, 0.25) is 0 Å². The van der Waals surface area contributed by atoms with Crippen LogP contribution in [0.3, 0.4) is 0 Å². The molecular weight excluding hydrogens is 220 g/mol. The molecule has 1 aromatic rings. The van der Waals surface area contributed by atoms with Crippen molar-refractivity contribution in [2.24, 2.45) is 5.92 Å². The molecule has 0 amide bonds. The predicted octanol–water partition coefficient (Wildman–Crippen LogP) is 3.22. The number of hydrogen-bond donors (Lipinski definition) is 0. The minimum atomic E-state index is 0.0377. The fourth-order valence-corrected chi connectivity index (χ4v) is 2.47. The lowest BCUT2D eigenvalue weighted by atomic mass is 10.2.